The maximum absolute atomic E-state index is 12.5. The molecule has 176 valence electrons. The van der Waals surface area contributed by atoms with E-state index >= 15 is 0 Å². The number of benzene rings is 1. The summed E-state index contributed by atoms with van der Waals surface area (Å²) < 4.78 is 50.5. The molecule has 1 aromatic carbocycles. The number of hydrogen-bond donors (Lipinski definition) is 1. The molecule has 0 aliphatic carbocycles. The van der Waals surface area contributed by atoms with Gasteiger partial charge in [0.25, 0.3) is 10.1 Å². The summed E-state index contributed by atoms with van der Waals surface area (Å²) in [6.07, 6.45) is -0.643. The normalized spacial score (nSPS) is 22.0. The molecule has 9 nitrogen and oxygen atoms in total. The molecule has 1 N–H and O–H groups in total. The lowest BCUT2D eigenvalue weighted by Gasteiger charge is -2.29. The predicted octanol–water partition coefficient (Wildman–Crippen LogP) is 2.63. The largest absolute Gasteiger partial charge is 0.497 e. The molecule has 1 saturated heterocycles. The molecule has 1 aromatic rings. The lowest BCUT2D eigenvalue weighted by molar-refractivity contribution is -0.150. The molecule has 1 amide bonds. The van der Waals surface area contributed by atoms with Gasteiger partial charge in [-0.25, -0.2) is 4.79 Å². The van der Waals surface area contributed by atoms with Gasteiger partial charge >= 0.3 is 6.09 Å². The minimum Gasteiger partial charge on any atom is -0.497 e. The molecule has 2 rings (SSSR count). The third-order valence-electron chi connectivity index (χ3n) is 4.38. The van der Waals surface area contributed by atoms with E-state index in [2.05, 4.69) is 5.32 Å². The fourth-order valence-electron chi connectivity index (χ4n) is 3.25. The molecule has 10 heteroatoms. The first kappa shape index (κ1) is 25.4. The van der Waals surface area contributed by atoms with E-state index in [1.165, 1.54) is 0 Å². The second-order valence-electron chi connectivity index (χ2n) is 8.93. The summed E-state index contributed by atoms with van der Waals surface area (Å²) in [5, 5.41) is 2.86. The lowest BCUT2D eigenvalue weighted by Crippen LogP contribution is -2.51. The van der Waals surface area contributed by atoms with Crippen LogP contribution in [0.15, 0.2) is 24.3 Å². The van der Waals surface area contributed by atoms with Gasteiger partial charge in [-0.1, -0.05) is 12.1 Å². The van der Waals surface area contributed by atoms with Crippen molar-refractivity contribution >= 4 is 16.2 Å². The minimum atomic E-state index is -3.67. The molecule has 0 unspecified atom stereocenters. The van der Waals surface area contributed by atoms with Crippen molar-refractivity contribution in [3.8, 4) is 5.75 Å². The number of alkyl carbamates (subject to hydrolysis) is 1. The van der Waals surface area contributed by atoms with Crippen LogP contribution >= 0.6 is 0 Å². The number of carbonyl (C=O) groups is 1. The first-order chi connectivity index (χ1) is 14.2. The third kappa shape index (κ3) is 8.64. The number of methoxy groups -OCH3 is 1. The summed E-state index contributed by atoms with van der Waals surface area (Å²) in [5.41, 5.74) is 0.234. The smallest absolute Gasteiger partial charge is 0.407 e. The molecule has 0 spiro atoms. The van der Waals surface area contributed by atoms with E-state index in [0.29, 0.717) is 12.2 Å². The topological polar surface area (TPSA) is 109 Å². The molecule has 0 aromatic heterocycles. The van der Waals surface area contributed by atoms with Gasteiger partial charge in [-0.2, -0.15) is 8.42 Å². The second-order valence-corrected chi connectivity index (χ2v) is 10.6. The molecule has 0 bridgehead atoms. The highest BCUT2D eigenvalue weighted by molar-refractivity contribution is 7.85. The van der Waals surface area contributed by atoms with E-state index in [-0.39, 0.29) is 6.61 Å². The average Bonchev–Trinajstić information content (AvgIpc) is 2.92. The SMILES string of the molecule is COc1ccc(C[C@H](NC(=O)OC(C)(C)C)[C@H]2OC(C)(C)O[C@@H]2COS(C)(=O)=O)cc1. The van der Waals surface area contributed by atoms with Gasteiger partial charge in [-0.15, -0.1) is 0 Å². The molecule has 1 heterocycles. The van der Waals surface area contributed by atoms with Crippen LogP contribution < -0.4 is 10.1 Å². The Morgan fingerprint density at radius 3 is 2.32 bits per heavy atom. The zero-order chi connectivity index (χ0) is 23.4. The molecule has 1 aliphatic rings. The highest BCUT2D eigenvalue weighted by Crippen LogP contribution is 2.32. The quantitative estimate of drug-likeness (QED) is 0.591. The molecule has 1 fully saturated rings. The third-order valence-corrected chi connectivity index (χ3v) is 4.95. The van der Waals surface area contributed by atoms with Crippen LogP contribution in [0.3, 0.4) is 0 Å². The van der Waals surface area contributed by atoms with Gasteiger partial charge < -0.3 is 24.3 Å². The van der Waals surface area contributed by atoms with Gasteiger partial charge in [-0.3, -0.25) is 4.18 Å². The summed E-state index contributed by atoms with van der Waals surface area (Å²) in [6, 6.07) is 6.83. The first-order valence-corrected chi connectivity index (χ1v) is 11.8. The summed E-state index contributed by atoms with van der Waals surface area (Å²) in [7, 11) is -2.09. The molecular formula is C21H33NO8S. The van der Waals surface area contributed by atoms with Gasteiger partial charge in [-0.05, 0) is 58.7 Å². The lowest BCUT2D eigenvalue weighted by atomic mass is 9.98. The fraction of sp³-hybridized carbons (Fsp3) is 0.667. The Morgan fingerprint density at radius 2 is 1.81 bits per heavy atom. The average molecular weight is 460 g/mol. The zero-order valence-electron chi connectivity index (χ0n) is 19.1. The maximum atomic E-state index is 12.5. The number of carbonyl (C=O) groups excluding carboxylic acids is 1. The van der Waals surface area contributed by atoms with Crippen molar-refractivity contribution in [3.63, 3.8) is 0 Å². The van der Waals surface area contributed by atoms with Crippen molar-refractivity contribution in [2.24, 2.45) is 0 Å². The van der Waals surface area contributed by atoms with Crippen LogP contribution in [0.2, 0.25) is 0 Å². The zero-order valence-corrected chi connectivity index (χ0v) is 19.9. The summed E-state index contributed by atoms with van der Waals surface area (Å²) in [4.78, 5) is 12.5. The van der Waals surface area contributed by atoms with E-state index in [1.807, 2.05) is 24.3 Å². The van der Waals surface area contributed by atoms with Gasteiger partial charge in [0.15, 0.2) is 5.79 Å². The van der Waals surface area contributed by atoms with Gasteiger partial charge in [0.05, 0.1) is 26.0 Å². The number of amides is 1. The Hall–Kier alpha value is -1.88. The number of ether oxygens (including phenoxy) is 4. The van der Waals surface area contributed by atoms with Gasteiger partial charge in [0.2, 0.25) is 0 Å². The summed E-state index contributed by atoms with van der Waals surface area (Å²) in [6.45, 7) is 8.52. The van der Waals surface area contributed by atoms with Crippen molar-refractivity contribution in [3.05, 3.63) is 29.8 Å². The van der Waals surface area contributed by atoms with Crippen LogP contribution in [0.4, 0.5) is 4.79 Å². The van der Waals surface area contributed by atoms with E-state index in [0.717, 1.165) is 11.8 Å². The monoisotopic (exact) mass is 459 g/mol. The molecule has 31 heavy (non-hydrogen) atoms. The number of rotatable bonds is 8. The van der Waals surface area contributed by atoms with E-state index in [9.17, 15) is 13.2 Å². The van der Waals surface area contributed by atoms with Gasteiger partial charge in [0.1, 0.15) is 23.6 Å². The first-order valence-electron chi connectivity index (χ1n) is 10.00. The molecule has 1 aliphatic heterocycles. The van der Waals surface area contributed by atoms with Crippen molar-refractivity contribution in [1.82, 2.24) is 5.32 Å². The van der Waals surface area contributed by atoms with Crippen LogP contribution in [-0.4, -0.2) is 64.1 Å². The molecule has 0 saturated carbocycles. The van der Waals surface area contributed by atoms with Crippen molar-refractivity contribution in [1.29, 1.82) is 0 Å². The summed E-state index contributed by atoms with van der Waals surface area (Å²) in [5.74, 6) is -0.273. The van der Waals surface area contributed by atoms with Crippen LogP contribution in [0.25, 0.3) is 0 Å². The Kier molecular flexibility index (Phi) is 7.96. The van der Waals surface area contributed by atoms with Crippen LogP contribution in [-0.2, 0) is 34.9 Å². The minimum absolute atomic E-state index is 0.234. The Bertz CT molecular complexity index is 845. The van der Waals surface area contributed by atoms with Crippen LogP contribution in [0, 0.1) is 0 Å². The molecule has 3 atom stereocenters. The van der Waals surface area contributed by atoms with E-state index in [1.54, 1.807) is 41.7 Å². The van der Waals surface area contributed by atoms with Crippen molar-refractivity contribution in [2.75, 3.05) is 20.0 Å². The van der Waals surface area contributed by atoms with E-state index < -0.39 is 45.8 Å². The Balaban J connectivity index is 2.27. The summed E-state index contributed by atoms with van der Waals surface area (Å²) >= 11 is 0. The van der Waals surface area contributed by atoms with Crippen LogP contribution in [0.5, 0.6) is 5.75 Å². The van der Waals surface area contributed by atoms with Crippen molar-refractivity contribution in [2.45, 2.75) is 70.7 Å². The number of nitrogens with one attached hydrogen (secondary N) is 1. The number of hydrogen-bond acceptors (Lipinski definition) is 8. The van der Waals surface area contributed by atoms with Crippen LogP contribution in [0.1, 0.15) is 40.2 Å². The van der Waals surface area contributed by atoms with Gasteiger partial charge in [0, 0.05) is 0 Å². The second kappa shape index (κ2) is 9.72. The Labute approximate surface area is 184 Å². The highest BCUT2D eigenvalue weighted by Gasteiger charge is 2.46. The predicted molar refractivity (Wildman–Crippen MR) is 114 cm³/mol. The molecule has 0 radical (unpaired) electrons. The Morgan fingerprint density at radius 1 is 1.19 bits per heavy atom. The molecular weight excluding hydrogens is 426 g/mol. The standard InChI is InChI=1S/C21H33NO8S/c1-20(2,3)30-19(23)22-16(12-14-8-10-15(26-6)11-9-14)18-17(13-27-31(7,24)25)28-21(4,5)29-18/h8-11,16-18H,12-13H2,1-7H3,(H,22,23)/t16-,17+,18+/m0/s1. The van der Waals surface area contributed by atoms with E-state index in [4.69, 9.17) is 23.1 Å². The highest BCUT2D eigenvalue weighted by atomic mass is 32.2. The van der Waals surface area contributed by atoms with Crippen molar-refractivity contribution < 1.29 is 36.3 Å². The maximum Gasteiger partial charge on any atom is 0.407 e. The fourth-order valence-corrected chi connectivity index (χ4v) is 3.63.